The molecule has 1 N–H and O–H groups in total. The summed E-state index contributed by atoms with van der Waals surface area (Å²) < 4.78 is 9.58. The molecule has 0 radical (unpaired) electrons. The third-order valence-electron chi connectivity index (χ3n) is 2.12. The van der Waals surface area contributed by atoms with E-state index in [2.05, 4.69) is 13.2 Å². The third-order valence-corrected chi connectivity index (χ3v) is 2.12. The van der Waals surface area contributed by atoms with Crippen molar-refractivity contribution in [3.63, 3.8) is 0 Å². The minimum atomic E-state index is -0.691. The van der Waals surface area contributed by atoms with Crippen molar-refractivity contribution in [3.05, 3.63) is 54.6 Å². The van der Waals surface area contributed by atoms with Gasteiger partial charge in [0.15, 0.2) is 0 Å². The van der Waals surface area contributed by atoms with E-state index in [9.17, 15) is 14.7 Å². The van der Waals surface area contributed by atoms with Crippen LogP contribution in [0, 0.1) is 0 Å². The second-order valence-electron chi connectivity index (χ2n) is 3.51. The van der Waals surface area contributed by atoms with Gasteiger partial charge in [0.2, 0.25) is 0 Å². The largest absolute Gasteiger partial charge is 0.507 e. The SMILES string of the molecule is C=CCOC(=O)c1ccc(C(=O)OCC=C)c(O)c1. The van der Waals surface area contributed by atoms with E-state index in [1.807, 2.05) is 0 Å². The van der Waals surface area contributed by atoms with Crippen LogP contribution in [0.5, 0.6) is 5.75 Å². The molecule has 0 amide bonds. The lowest BCUT2D eigenvalue weighted by molar-refractivity contribution is 0.0532. The van der Waals surface area contributed by atoms with E-state index in [0.29, 0.717) is 0 Å². The van der Waals surface area contributed by atoms with Gasteiger partial charge in [0.05, 0.1) is 5.56 Å². The Bertz CT molecular complexity index is 505. The number of esters is 2. The fourth-order valence-electron chi connectivity index (χ4n) is 1.26. The van der Waals surface area contributed by atoms with Gasteiger partial charge < -0.3 is 14.6 Å². The molecule has 0 aromatic heterocycles. The molecule has 0 spiro atoms. The van der Waals surface area contributed by atoms with Gasteiger partial charge >= 0.3 is 11.9 Å². The van der Waals surface area contributed by atoms with Crippen molar-refractivity contribution in [1.82, 2.24) is 0 Å². The fourth-order valence-corrected chi connectivity index (χ4v) is 1.26. The van der Waals surface area contributed by atoms with Crippen LogP contribution in [-0.4, -0.2) is 30.3 Å². The van der Waals surface area contributed by atoms with Crippen LogP contribution in [0.1, 0.15) is 20.7 Å². The first-order valence-corrected chi connectivity index (χ1v) is 5.49. The molecule has 19 heavy (non-hydrogen) atoms. The molecular formula is C14H14O5. The number of carbonyl (C=O) groups is 2. The van der Waals surface area contributed by atoms with E-state index in [0.717, 1.165) is 6.07 Å². The van der Waals surface area contributed by atoms with Crippen LogP contribution in [0.3, 0.4) is 0 Å². The number of hydrogen-bond donors (Lipinski definition) is 1. The van der Waals surface area contributed by atoms with Crippen molar-refractivity contribution in [3.8, 4) is 5.75 Å². The lowest BCUT2D eigenvalue weighted by atomic mass is 10.1. The molecule has 1 aromatic carbocycles. The Labute approximate surface area is 110 Å². The number of carbonyl (C=O) groups excluding carboxylic acids is 2. The van der Waals surface area contributed by atoms with Gasteiger partial charge in [0, 0.05) is 0 Å². The zero-order valence-corrected chi connectivity index (χ0v) is 10.3. The van der Waals surface area contributed by atoms with Crippen LogP contribution in [0.15, 0.2) is 43.5 Å². The molecule has 0 fully saturated rings. The Morgan fingerprint density at radius 2 is 1.68 bits per heavy atom. The number of ether oxygens (including phenoxy) is 2. The molecule has 0 bridgehead atoms. The molecule has 0 saturated carbocycles. The number of hydrogen-bond acceptors (Lipinski definition) is 5. The van der Waals surface area contributed by atoms with Crippen molar-refractivity contribution in [1.29, 1.82) is 0 Å². The molecule has 0 unspecified atom stereocenters. The first-order valence-electron chi connectivity index (χ1n) is 5.49. The molecule has 100 valence electrons. The average molecular weight is 262 g/mol. The summed E-state index contributed by atoms with van der Waals surface area (Å²) in [5.74, 6) is -1.65. The topological polar surface area (TPSA) is 72.8 Å². The number of phenols is 1. The van der Waals surface area contributed by atoms with Crippen molar-refractivity contribution in [2.24, 2.45) is 0 Å². The highest BCUT2D eigenvalue weighted by Crippen LogP contribution is 2.20. The van der Waals surface area contributed by atoms with Crippen molar-refractivity contribution in [2.75, 3.05) is 13.2 Å². The highest BCUT2D eigenvalue weighted by Gasteiger charge is 2.15. The highest BCUT2D eigenvalue weighted by atomic mass is 16.5. The summed E-state index contributed by atoms with van der Waals surface area (Å²) in [6, 6.07) is 3.82. The van der Waals surface area contributed by atoms with E-state index in [-0.39, 0.29) is 30.1 Å². The lowest BCUT2D eigenvalue weighted by Gasteiger charge is -2.06. The highest BCUT2D eigenvalue weighted by molar-refractivity contribution is 5.96. The van der Waals surface area contributed by atoms with Crippen LogP contribution in [-0.2, 0) is 9.47 Å². The molecule has 5 nitrogen and oxygen atoms in total. The lowest BCUT2D eigenvalue weighted by Crippen LogP contribution is -2.08. The van der Waals surface area contributed by atoms with Gasteiger partial charge in [-0.25, -0.2) is 9.59 Å². The second-order valence-corrected chi connectivity index (χ2v) is 3.51. The Hall–Kier alpha value is -2.56. The van der Waals surface area contributed by atoms with Crippen LogP contribution in [0.4, 0.5) is 0 Å². The van der Waals surface area contributed by atoms with Gasteiger partial charge in [-0.05, 0) is 18.2 Å². The van der Waals surface area contributed by atoms with Gasteiger partial charge in [-0.3, -0.25) is 0 Å². The third kappa shape index (κ3) is 3.99. The molecule has 0 heterocycles. The first-order chi connectivity index (χ1) is 9.10. The van der Waals surface area contributed by atoms with E-state index in [4.69, 9.17) is 9.47 Å². The monoisotopic (exact) mass is 262 g/mol. The Balaban J connectivity index is 2.84. The molecule has 1 aromatic rings. The van der Waals surface area contributed by atoms with E-state index in [1.54, 1.807) is 0 Å². The normalized spacial score (nSPS) is 9.47. The summed E-state index contributed by atoms with van der Waals surface area (Å²) in [5.41, 5.74) is 0.113. The minimum absolute atomic E-state index is 0.0258. The maximum absolute atomic E-state index is 11.5. The summed E-state index contributed by atoms with van der Waals surface area (Å²) in [6.45, 7) is 6.93. The predicted octanol–water partition coefficient (Wildman–Crippen LogP) is 2.08. The summed E-state index contributed by atoms with van der Waals surface area (Å²) in [5, 5.41) is 9.68. The number of phenolic OH excluding ortho intramolecular Hbond substituents is 1. The van der Waals surface area contributed by atoms with Gasteiger partial charge in [0.25, 0.3) is 0 Å². The zero-order chi connectivity index (χ0) is 14.3. The standard InChI is InChI=1S/C14H14O5/c1-3-7-18-13(16)10-5-6-11(12(15)9-10)14(17)19-8-4-2/h3-6,9,15H,1-2,7-8H2. The molecule has 5 heteroatoms. The van der Waals surface area contributed by atoms with E-state index < -0.39 is 11.9 Å². The summed E-state index contributed by atoms with van der Waals surface area (Å²) >= 11 is 0. The smallest absolute Gasteiger partial charge is 0.342 e. The van der Waals surface area contributed by atoms with E-state index >= 15 is 0 Å². The molecule has 0 saturated heterocycles. The Morgan fingerprint density at radius 3 is 2.21 bits per heavy atom. The Morgan fingerprint density at radius 1 is 1.11 bits per heavy atom. The van der Waals surface area contributed by atoms with Crippen molar-refractivity contribution >= 4 is 11.9 Å². The minimum Gasteiger partial charge on any atom is -0.507 e. The fraction of sp³-hybridized carbons (Fsp3) is 0.143. The molecular weight excluding hydrogens is 248 g/mol. The van der Waals surface area contributed by atoms with Crippen molar-refractivity contribution < 1.29 is 24.2 Å². The Kier molecular flexibility index (Phi) is 5.35. The van der Waals surface area contributed by atoms with Crippen LogP contribution < -0.4 is 0 Å². The van der Waals surface area contributed by atoms with Gasteiger partial charge in [0.1, 0.15) is 24.5 Å². The zero-order valence-electron chi connectivity index (χ0n) is 10.3. The van der Waals surface area contributed by atoms with Crippen molar-refractivity contribution in [2.45, 2.75) is 0 Å². The van der Waals surface area contributed by atoms with E-state index in [1.165, 1.54) is 24.3 Å². The molecule has 0 aliphatic heterocycles. The van der Waals surface area contributed by atoms with Crippen LogP contribution in [0.2, 0.25) is 0 Å². The summed E-state index contributed by atoms with van der Waals surface area (Å²) in [6.07, 6.45) is 2.84. The summed E-state index contributed by atoms with van der Waals surface area (Å²) in [4.78, 5) is 23.0. The molecule has 0 aliphatic carbocycles. The quantitative estimate of drug-likeness (QED) is 0.627. The molecule has 0 atom stereocenters. The first kappa shape index (κ1) is 14.5. The molecule has 1 rings (SSSR count). The predicted molar refractivity (Wildman–Crippen MR) is 69.1 cm³/mol. The van der Waals surface area contributed by atoms with Crippen LogP contribution >= 0.6 is 0 Å². The maximum atomic E-state index is 11.5. The van der Waals surface area contributed by atoms with Gasteiger partial charge in [-0.2, -0.15) is 0 Å². The van der Waals surface area contributed by atoms with Crippen LogP contribution in [0.25, 0.3) is 0 Å². The number of aromatic hydroxyl groups is 1. The van der Waals surface area contributed by atoms with Gasteiger partial charge in [-0.15, -0.1) is 0 Å². The maximum Gasteiger partial charge on any atom is 0.342 e. The summed E-state index contributed by atoms with van der Waals surface area (Å²) in [7, 11) is 0. The average Bonchev–Trinajstić information content (AvgIpc) is 2.41. The number of benzene rings is 1. The second kappa shape index (κ2) is 7.00. The molecule has 0 aliphatic rings. The number of rotatable bonds is 6. The van der Waals surface area contributed by atoms with Gasteiger partial charge in [-0.1, -0.05) is 25.3 Å².